The van der Waals surface area contributed by atoms with E-state index in [1.54, 1.807) is 0 Å². The second-order valence-electron chi connectivity index (χ2n) is 5.09. The molecule has 1 saturated heterocycles. The van der Waals surface area contributed by atoms with E-state index in [0.717, 1.165) is 44.4 Å². The van der Waals surface area contributed by atoms with E-state index in [2.05, 4.69) is 50.2 Å². The quantitative estimate of drug-likeness (QED) is 0.932. The number of hydrogen-bond acceptors (Lipinski definition) is 5. The van der Waals surface area contributed by atoms with E-state index in [1.807, 2.05) is 24.5 Å². The maximum Gasteiger partial charge on any atom is 0.128 e. The van der Waals surface area contributed by atoms with E-state index >= 15 is 0 Å². The Labute approximate surface area is 125 Å². The zero-order chi connectivity index (χ0) is 14.5. The van der Waals surface area contributed by atoms with Gasteiger partial charge >= 0.3 is 0 Å². The average Bonchev–Trinajstić information content (AvgIpc) is 2.56. The molecule has 3 heterocycles. The molecule has 0 aliphatic carbocycles. The minimum absolute atomic E-state index is 0.893. The maximum absolute atomic E-state index is 4.43. The van der Waals surface area contributed by atoms with Crippen LogP contribution in [0.3, 0.4) is 0 Å². The highest BCUT2D eigenvalue weighted by molar-refractivity contribution is 5.55. The number of aromatic nitrogens is 2. The van der Waals surface area contributed by atoms with Crippen molar-refractivity contribution in [1.82, 2.24) is 9.97 Å². The van der Waals surface area contributed by atoms with Crippen LogP contribution in [0.15, 0.2) is 42.7 Å². The van der Waals surface area contributed by atoms with Crippen LogP contribution in [0.2, 0.25) is 0 Å². The second kappa shape index (κ2) is 6.43. The standard InChI is InChI=1S/C16H21N5/c1-2-17-15-13-14(6-8-18-15)20-9-11-21(12-10-20)16-5-3-4-7-19-16/h3-8,13H,2,9-12H2,1H3,(H,17,18). The molecule has 0 amide bonds. The summed E-state index contributed by atoms with van der Waals surface area (Å²) < 4.78 is 0. The predicted molar refractivity (Wildman–Crippen MR) is 87.1 cm³/mol. The van der Waals surface area contributed by atoms with Gasteiger partial charge in [-0.1, -0.05) is 6.07 Å². The van der Waals surface area contributed by atoms with Crippen molar-refractivity contribution in [2.45, 2.75) is 6.92 Å². The van der Waals surface area contributed by atoms with Crippen LogP contribution >= 0.6 is 0 Å². The molecule has 0 aromatic carbocycles. The van der Waals surface area contributed by atoms with Crippen LogP contribution in [-0.2, 0) is 0 Å². The molecule has 2 aromatic rings. The maximum atomic E-state index is 4.43. The van der Waals surface area contributed by atoms with Crippen molar-refractivity contribution in [2.75, 3.05) is 47.8 Å². The van der Waals surface area contributed by atoms with Gasteiger partial charge in [-0.3, -0.25) is 0 Å². The van der Waals surface area contributed by atoms with Crippen molar-refractivity contribution in [3.63, 3.8) is 0 Å². The topological polar surface area (TPSA) is 44.3 Å². The number of hydrogen-bond donors (Lipinski definition) is 1. The summed E-state index contributed by atoms with van der Waals surface area (Å²) in [6.07, 6.45) is 3.73. The minimum atomic E-state index is 0.893. The van der Waals surface area contributed by atoms with Crippen molar-refractivity contribution in [1.29, 1.82) is 0 Å². The zero-order valence-corrected chi connectivity index (χ0v) is 12.4. The number of piperazine rings is 1. The van der Waals surface area contributed by atoms with Crippen LogP contribution in [0.4, 0.5) is 17.3 Å². The molecule has 0 unspecified atom stereocenters. The minimum Gasteiger partial charge on any atom is -0.370 e. The lowest BCUT2D eigenvalue weighted by atomic mass is 10.2. The normalized spacial score (nSPS) is 15.1. The molecule has 0 saturated carbocycles. The largest absolute Gasteiger partial charge is 0.370 e. The van der Waals surface area contributed by atoms with Crippen LogP contribution in [0.1, 0.15) is 6.92 Å². The molecule has 21 heavy (non-hydrogen) atoms. The van der Waals surface area contributed by atoms with E-state index in [4.69, 9.17) is 0 Å². The van der Waals surface area contributed by atoms with Gasteiger partial charge in [-0.05, 0) is 25.1 Å². The van der Waals surface area contributed by atoms with Crippen LogP contribution in [0, 0.1) is 0 Å². The van der Waals surface area contributed by atoms with Gasteiger partial charge < -0.3 is 15.1 Å². The fourth-order valence-corrected chi connectivity index (χ4v) is 2.63. The summed E-state index contributed by atoms with van der Waals surface area (Å²) >= 11 is 0. The van der Waals surface area contributed by atoms with Crippen molar-refractivity contribution in [3.8, 4) is 0 Å². The molecule has 3 rings (SSSR count). The Kier molecular flexibility index (Phi) is 4.19. The van der Waals surface area contributed by atoms with Gasteiger partial charge in [-0.15, -0.1) is 0 Å². The Hall–Kier alpha value is -2.30. The summed E-state index contributed by atoms with van der Waals surface area (Å²) in [5.41, 5.74) is 1.24. The Bertz CT molecular complexity index is 564. The third kappa shape index (κ3) is 3.24. The van der Waals surface area contributed by atoms with Crippen molar-refractivity contribution >= 4 is 17.3 Å². The van der Waals surface area contributed by atoms with Gasteiger partial charge in [0, 0.05) is 56.9 Å². The summed E-state index contributed by atoms with van der Waals surface area (Å²) in [5, 5.41) is 3.26. The van der Waals surface area contributed by atoms with Crippen LogP contribution in [-0.4, -0.2) is 42.7 Å². The lowest BCUT2D eigenvalue weighted by Gasteiger charge is -2.36. The Balaban J connectivity index is 1.64. The van der Waals surface area contributed by atoms with Gasteiger partial charge in [0.25, 0.3) is 0 Å². The third-order valence-electron chi connectivity index (χ3n) is 3.72. The summed E-state index contributed by atoms with van der Waals surface area (Å²) in [4.78, 5) is 13.5. The van der Waals surface area contributed by atoms with E-state index < -0.39 is 0 Å². The van der Waals surface area contributed by atoms with Gasteiger partial charge in [-0.25, -0.2) is 9.97 Å². The first-order valence-electron chi connectivity index (χ1n) is 7.47. The molecular formula is C16H21N5. The van der Waals surface area contributed by atoms with Crippen molar-refractivity contribution in [3.05, 3.63) is 42.7 Å². The van der Waals surface area contributed by atoms with Gasteiger partial charge in [0.1, 0.15) is 11.6 Å². The van der Waals surface area contributed by atoms with Crippen molar-refractivity contribution < 1.29 is 0 Å². The highest BCUT2D eigenvalue weighted by Gasteiger charge is 2.18. The zero-order valence-electron chi connectivity index (χ0n) is 12.4. The first kappa shape index (κ1) is 13.7. The van der Waals surface area contributed by atoms with Gasteiger partial charge in [-0.2, -0.15) is 0 Å². The molecule has 110 valence electrons. The number of pyridine rings is 2. The van der Waals surface area contributed by atoms with Gasteiger partial charge in [0.15, 0.2) is 0 Å². The summed E-state index contributed by atoms with van der Waals surface area (Å²) in [7, 11) is 0. The molecule has 1 fully saturated rings. The number of rotatable bonds is 4. The number of anilines is 3. The van der Waals surface area contributed by atoms with E-state index in [9.17, 15) is 0 Å². The smallest absolute Gasteiger partial charge is 0.128 e. The lowest BCUT2D eigenvalue weighted by molar-refractivity contribution is 0.647. The van der Waals surface area contributed by atoms with E-state index in [1.165, 1.54) is 5.69 Å². The average molecular weight is 283 g/mol. The lowest BCUT2D eigenvalue weighted by Crippen LogP contribution is -2.46. The van der Waals surface area contributed by atoms with E-state index in [-0.39, 0.29) is 0 Å². The fourth-order valence-electron chi connectivity index (χ4n) is 2.63. The first-order chi connectivity index (χ1) is 10.4. The molecular weight excluding hydrogens is 262 g/mol. The SMILES string of the molecule is CCNc1cc(N2CCN(c3ccccn3)CC2)ccn1. The Morgan fingerprint density at radius 3 is 2.52 bits per heavy atom. The molecule has 5 heteroatoms. The molecule has 1 N–H and O–H groups in total. The van der Waals surface area contributed by atoms with E-state index in [0.29, 0.717) is 0 Å². The summed E-state index contributed by atoms with van der Waals surface area (Å²) in [6.45, 7) is 6.98. The molecule has 2 aromatic heterocycles. The number of nitrogens with zero attached hydrogens (tertiary/aromatic N) is 4. The second-order valence-corrected chi connectivity index (χ2v) is 5.09. The summed E-state index contributed by atoms with van der Waals surface area (Å²) in [5.74, 6) is 2.02. The predicted octanol–water partition coefficient (Wildman–Crippen LogP) is 2.24. The fraction of sp³-hybridized carbons (Fsp3) is 0.375. The Morgan fingerprint density at radius 1 is 1.00 bits per heavy atom. The molecule has 0 atom stereocenters. The molecule has 1 aliphatic heterocycles. The number of nitrogens with one attached hydrogen (secondary N) is 1. The van der Waals surface area contributed by atoms with Gasteiger partial charge in [0.05, 0.1) is 0 Å². The highest BCUT2D eigenvalue weighted by atomic mass is 15.3. The van der Waals surface area contributed by atoms with Crippen LogP contribution < -0.4 is 15.1 Å². The molecule has 1 aliphatic rings. The van der Waals surface area contributed by atoms with Gasteiger partial charge in [0.2, 0.25) is 0 Å². The molecule has 0 bridgehead atoms. The van der Waals surface area contributed by atoms with Crippen LogP contribution in [0.5, 0.6) is 0 Å². The molecule has 5 nitrogen and oxygen atoms in total. The monoisotopic (exact) mass is 283 g/mol. The first-order valence-corrected chi connectivity index (χ1v) is 7.47. The van der Waals surface area contributed by atoms with Crippen molar-refractivity contribution in [2.24, 2.45) is 0 Å². The Morgan fingerprint density at radius 2 is 1.81 bits per heavy atom. The molecule has 0 spiro atoms. The highest BCUT2D eigenvalue weighted by Crippen LogP contribution is 2.20. The van der Waals surface area contributed by atoms with Crippen LogP contribution in [0.25, 0.3) is 0 Å². The third-order valence-corrected chi connectivity index (χ3v) is 3.72. The molecule has 0 radical (unpaired) electrons. The summed E-state index contributed by atoms with van der Waals surface area (Å²) in [6, 6.07) is 10.3.